The van der Waals surface area contributed by atoms with Gasteiger partial charge in [-0.3, -0.25) is 9.68 Å². The molecule has 0 amide bonds. The zero-order chi connectivity index (χ0) is 42.2. The molecule has 0 aliphatic carbocycles. The van der Waals surface area contributed by atoms with Crippen molar-refractivity contribution < 1.29 is 23.9 Å². The second-order valence-electron chi connectivity index (χ2n) is 17.9. The standard InChI is InChI=1S/C23H37NO2SSi.C20H29NO2S.C4H8O/c1-18(2)22(21-15-12-16-27-21)24(23(4,5)17-25-28(6,7)8)26-19(3)20-13-10-9-11-14-20;1-15(2)19(18-12-9-13-24-18)21(20(4,5)14-22)23-16(3)17-10-7-6-8-11-17;1-2-4-5-3-1/h9-16,18-19,22H,17H2,1-8H3;6-13,15-16,19,22H,14H2,1-5H3;1-4H2. The van der Waals surface area contributed by atoms with E-state index in [1.54, 1.807) is 22.7 Å². The van der Waals surface area contributed by atoms with E-state index < -0.39 is 13.9 Å². The second-order valence-corrected chi connectivity index (χ2v) is 24.4. The van der Waals surface area contributed by atoms with E-state index in [-0.39, 0.29) is 36.4 Å². The number of aliphatic hydroxyl groups excluding tert-OH is 1. The number of hydrogen-bond acceptors (Lipinski definition) is 9. The number of benzene rings is 2. The minimum atomic E-state index is -1.62. The number of ether oxygens (including phenoxy) is 1. The molecule has 1 fully saturated rings. The molecule has 4 unspecified atom stereocenters. The summed E-state index contributed by atoms with van der Waals surface area (Å²) in [6.07, 6.45) is 2.44. The van der Waals surface area contributed by atoms with Crippen molar-refractivity contribution in [2.45, 2.75) is 137 Å². The van der Waals surface area contributed by atoms with Crippen molar-refractivity contribution in [3.05, 3.63) is 117 Å². The van der Waals surface area contributed by atoms with Gasteiger partial charge < -0.3 is 14.3 Å². The van der Waals surface area contributed by atoms with Crippen LogP contribution >= 0.6 is 22.7 Å². The van der Waals surface area contributed by atoms with E-state index in [1.807, 2.05) is 43.2 Å². The van der Waals surface area contributed by atoms with Crippen molar-refractivity contribution in [1.29, 1.82) is 0 Å². The van der Waals surface area contributed by atoms with Gasteiger partial charge in [0.05, 0.1) is 36.4 Å². The molecule has 2 aromatic carbocycles. The lowest BCUT2D eigenvalue weighted by molar-refractivity contribution is -0.281. The molecular weight excluding hydrogens is 765 g/mol. The third-order valence-electron chi connectivity index (χ3n) is 9.78. The summed E-state index contributed by atoms with van der Waals surface area (Å²) in [6, 6.07) is 29.5. The first kappa shape index (κ1) is 49.1. The number of rotatable bonds is 18. The highest BCUT2D eigenvalue weighted by Gasteiger charge is 2.40. The molecule has 7 nitrogen and oxygen atoms in total. The third kappa shape index (κ3) is 16.0. The molecule has 0 saturated carbocycles. The average molecular weight is 839 g/mol. The zero-order valence-corrected chi connectivity index (χ0v) is 39.9. The van der Waals surface area contributed by atoms with E-state index in [4.69, 9.17) is 18.8 Å². The van der Waals surface area contributed by atoms with Crippen molar-refractivity contribution in [1.82, 2.24) is 10.1 Å². The lowest BCUT2D eigenvalue weighted by Crippen LogP contribution is -2.52. The van der Waals surface area contributed by atoms with Gasteiger partial charge >= 0.3 is 0 Å². The largest absolute Gasteiger partial charge is 0.416 e. The Labute approximate surface area is 355 Å². The molecule has 1 aliphatic rings. The molecule has 4 aromatic rings. The summed E-state index contributed by atoms with van der Waals surface area (Å²) in [5.74, 6) is 0.769. The third-order valence-corrected chi connectivity index (χ3v) is 12.7. The maximum atomic E-state index is 9.96. The van der Waals surface area contributed by atoms with Gasteiger partial charge in [-0.05, 0) is 120 Å². The maximum absolute atomic E-state index is 9.96. The maximum Gasteiger partial charge on any atom is 0.183 e. The van der Waals surface area contributed by atoms with Crippen molar-refractivity contribution in [3.63, 3.8) is 0 Å². The fraction of sp³-hybridized carbons (Fsp3) is 0.574. The van der Waals surface area contributed by atoms with Gasteiger partial charge in [-0.15, -0.1) is 22.7 Å². The van der Waals surface area contributed by atoms with Gasteiger partial charge in [0.1, 0.15) is 12.2 Å². The SMILES string of the molecule is C1CCOC1.CC(ON(C(c1cccs1)C(C)C)C(C)(C)CO)c1ccccc1.CC(ON(C(c1cccs1)C(C)C)C(C)(C)CO[Si](C)(C)C)c1ccccc1. The molecular formula is C47H74N2O5S2Si. The monoisotopic (exact) mass is 838 g/mol. The van der Waals surface area contributed by atoms with Crippen molar-refractivity contribution >= 4 is 31.0 Å². The summed E-state index contributed by atoms with van der Waals surface area (Å²) in [5.41, 5.74) is 1.57. The number of nitrogens with zero attached hydrogens (tertiary/aromatic N) is 2. The molecule has 0 radical (unpaired) electrons. The summed E-state index contributed by atoms with van der Waals surface area (Å²) in [7, 11) is -1.62. The fourth-order valence-electron chi connectivity index (χ4n) is 6.47. The molecule has 1 aliphatic heterocycles. The first-order valence-electron chi connectivity index (χ1n) is 20.8. The van der Waals surface area contributed by atoms with E-state index in [0.717, 1.165) is 18.8 Å². The first-order chi connectivity index (χ1) is 26.9. The Morgan fingerprint density at radius 1 is 0.632 bits per heavy atom. The molecule has 0 spiro atoms. The number of hydrogen-bond donors (Lipinski definition) is 1. The van der Waals surface area contributed by atoms with Gasteiger partial charge in [-0.1, -0.05) is 100 Å². The quantitative estimate of drug-likeness (QED) is 0.0791. The number of hydroxylamine groups is 4. The van der Waals surface area contributed by atoms with Crippen LogP contribution in [0.4, 0.5) is 0 Å². The van der Waals surface area contributed by atoms with Crippen LogP contribution in [0, 0.1) is 11.8 Å². The van der Waals surface area contributed by atoms with Gasteiger partial charge in [0.25, 0.3) is 0 Å². The molecule has 2 aromatic heterocycles. The fourth-order valence-corrected chi connectivity index (χ4v) is 9.21. The van der Waals surface area contributed by atoms with Gasteiger partial charge in [0.2, 0.25) is 0 Å². The Kier molecular flexibility index (Phi) is 20.3. The Hall–Kier alpha value is -2.22. The van der Waals surface area contributed by atoms with Crippen LogP contribution < -0.4 is 0 Å². The van der Waals surface area contributed by atoms with E-state index in [1.165, 1.54) is 28.2 Å². The predicted molar refractivity (Wildman–Crippen MR) is 244 cm³/mol. The summed E-state index contributed by atoms with van der Waals surface area (Å²) >= 11 is 3.53. The van der Waals surface area contributed by atoms with E-state index in [9.17, 15) is 5.11 Å². The summed E-state index contributed by atoms with van der Waals surface area (Å²) in [5, 5.41) is 18.4. The minimum Gasteiger partial charge on any atom is -0.416 e. The van der Waals surface area contributed by atoms with Crippen molar-refractivity contribution in [3.8, 4) is 0 Å². The van der Waals surface area contributed by atoms with E-state index in [0.29, 0.717) is 18.4 Å². The highest BCUT2D eigenvalue weighted by molar-refractivity contribution is 7.10. The van der Waals surface area contributed by atoms with Gasteiger partial charge in [-0.25, -0.2) is 0 Å². The van der Waals surface area contributed by atoms with Crippen molar-refractivity contribution in [2.24, 2.45) is 11.8 Å². The molecule has 1 N–H and O–H groups in total. The van der Waals surface area contributed by atoms with Crippen LogP contribution in [0.5, 0.6) is 0 Å². The molecule has 3 heterocycles. The lowest BCUT2D eigenvalue weighted by Gasteiger charge is -2.45. The van der Waals surface area contributed by atoms with Crippen LogP contribution in [0.25, 0.3) is 0 Å². The van der Waals surface area contributed by atoms with Crippen LogP contribution in [0.15, 0.2) is 95.7 Å². The number of aliphatic hydroxyl groups is 1. The Morgan fingerprint density at radius 3 is 1.33 bits per heavy atom. The Morgan fingerprint density at radius 2 is 1.04 bits per heavy atom. The zero-order valence-electron chi connectivity index (χ0n) is 37.2. The van der Waals surface area contributed by atoms with Crippen LogP contribution in [0.3, 0.4) is 0 Å². The van der Waals surface area contributed by atoms with Gasteiger partial charge in [-0.2, -0.15) is 10.1 Å². The predicted octanol–water partition coefficient (Wildman–Crippen LogP) is 13.1. The second kappa shape index (κ2) is 23.5. The van der Waals surface area contributed by atoms with Gasteiger partial charge in [0.15, 0.2) is 8.32 Å². The molecule has 4 atom stereocenters. The minimum absolute atomic E-state index is 0.0309. The summed E-state index contributed by atoms with van der Waals surface area (Å²) in [6.45, 7) is 31.0. The molecule has 10 heteroatoms. The Balaban J connectivity index is 0.000000273. The van der Waals surface area contributed by atoms with E-state index >= 15 is 0 Å². The normalized spacial score (nSPS) is 15.9. The number of thiophene rings is 2. The molecule has 57 heavy (non-hydrogen) atoms. The average Bonchev–Trinajstić information content (AvgIpc) is 4.01. The summed E-state index contributed by atoms with van der Waals surface area (Å²) in [4.78, 5) is 15.7. The molecule has 0 bridgehead atoms. The van der Waals surface area contributed by atoms with Crippen LogP contribution in [0.2, 0.25) is 19.6 Å². The highest BCUT2D eigenvalue weighted by atomic mass is 32.1. The van der Waals surface area contributed by atoms with Crippen LogP contribution in [0.1, 0.15) is 127 Å². The van der Waals surface area contributed by atoms with Crippen molar-refractivity contribution in [2.75, 3.05) is 26.4 Å². The summed E-state index contributed by atoms with van der Waals surface area (Å²) < 4.78 is 11.3. The van der Waals surface area contributed by atoms with Crippen LogP contribution in [-0.2, 0) is 18.8 Å². The first-order valence-corrected chi connectivity index (χ1v) is 26.0. The molecule has 1 saturated heterocycles. The highest BCUT2D eigenvalue weighted by Crippen LogP contribution is 2.40. The lowest BCUT2D eigenvalue weighted by atomic mass is 9.96. The van der Waals surface area contributed by atoms with Crippen LogP contribution in [-0.4, -0.2) is 61.1 Å². The Bertz CT molecular complexity index is 1600. The topological polar surface area (TPSA) is 63.6 Å². The van der Waals surface area contributed by atoms with Gasteiger partial charge in [0, 0.05) is 23.0 Å². The smallest absolute Gasteiger partial charge is 0.183 e. The van der Waals surface area contributed by atoms with E-state index in [2.05, 4.69) is 152 Å². The molecule has 5 rings (SSSR count). The molecule has 318 valence electrons.